The Morgan fingerprint density at radius 1 is 0.632 bits per heavy atom. The molecule has 0 aromatic heterocycles. The maximum absolute atomic E-state index is 6.00. The lowest BCUT2D eigenvalue weighted by molar-refractivity contribution is 0.323. The van der Waals surface area contributed by atoms with Crippen LogP contribution in [0.1, 0.15) is 55.4 Å². The van der Waals surface area contributed by atoms with Crippen LogP contribution in [0.15, 0.2) is 0 Å². The fourth-order valence-corrected chi connectivity index (χ4v) is 6.25. The van der Waals surface area contributed by atoms with Gasteiger partial charge < -0.3 is 9.05 Å². The van der Waals surface area contributed by atoms with Crippen molar-refractivity contribution < 1.29 is 9.05 Å². The summed E-state index contributed by atoms with van der Waals surface area (Å²) < 4.78 is 12.0. The third kappa shape index (κ3) is 8.61. The Bertz CT molecular complexity index is 180. The first-order valence-electron chi connectivity index (χ1n) is 7.41. The average molecular weight is 307 g/mol. The lowest BCUT2D eigenvalue weighted by atomic mass is 10.5. The molecular formula is C15H33O2P2-. The second-order valence-electron chi connectivity index (χ2n) is 5.97. The molecule has 0 rings (SSSR count). The number of rotatable bonds is 10. The molecule has 116 valence electrons. The molecule has 0 bridgehead atoms. The summed E-state index contributed by atoms with van der Waals surface area (Å²) in [6.07, 6.45) is 2.14. The van der Waals surface area contributed by atoms with E-state index in [1.54, 1.807) is 0 Å². The molecule has 0 saturated heterocycles. The van der Waals surface area contributed by atoms with E-state index >= 15 is 0 Å². The van der Waals surface area contributed by atoms with Gasteiger partial charge in [0.15, 0.2) is 0 Å². The molecule has 4 heteroatoms. The molecule has 0 unspecified atom stereocenters. The van der Waals surface area contributed by atoms with Crippen molar-refractivity contribution in [3.63, 3.8) is 0 Å². The van der Waals surface area contributed by atoms with Crippen LogP contribution >= 0.6 is 16.3 Å². The van der Waals surface area contributed by atoms with Gasteiger partial charge in [-0.2, -0.15) is 0 Å². The zero-order valence-electron chi connectivity index (χ0n) is 14.0. The highest BCUT2D eigenvalue weighted by Crippen LogP contribution is 2.48. The van der Waals surface area contributed by atoms with Gasteiger partial charge in [-0.3, -0.25) is 6.42 Å². The minimum absolute atomic E-state index is 0.317. The van der Waals surface area contributed by atoms with Crippen LogP contribution in [0.25, 0.3) is 0 Å². The highest BCUT2D eigenvalue weighted by Gasteiger charge is 2.17. The zero-order chi connectivity index (χ0) is 15.0. The molecule has 0 heterocycles. The van der Waals surface area contributed by atoms with E-state index < -0.39 is 0 Å². The van der Waals surface area contributed by atoms with Crippen molar-refractivity contribution in [3.8, 4) is 0 Å². The second-order valence-corrected chi connectivity index (χ2v) is 12.1. The monoisotopic (exact) mass is 307 g/mol. The molecule has 0 N–H and O–H groups in total. The molecule has 0 aliphatic rings. The van der Waals surface area contributed by atoms with Crippen molar-refractivity contribution >= 4 is 16.3 Å². The molecule has 0 saturated carbocycles. The minimum Gasteiger partial charge on any atom is -0.390 e. The van der Waals surface area contributed by atoms with Gasteiger partial charge >= 0.3 is 0 Å². The van der Waals surface area contributed by atoms with Crippen LogP contribution in [0.4, 0.5) is 0 Å². The van der Waals surface area contributed by atoms with E-state index in [0.29, 0.717) is 22.6 Å². The van der Waals surface area contributed by atoms with E-state index in [1.165, 1.54) is 0 Å². The van der Waals surface area contributed by atoms with Crippen LogP contribution in [0.3, 0.4) is 0 Å². The molecule has 0 fully saturated rings. The molecule has 0 spiro atoms. The van der Waals surface area contributed by atoms with Crippen LogP contribution in [0.5, 0.6) is 0 Å². The number of hydrogen-bond donors (Lipinski definition) is 0. The van der Waals surface area contributed by atoms with Crippen LogP contribution < -0.4 is 0 Å². The minimum atomic E-state index is -0.317. The first kappa shape index (κ1) is 19.8. The van der Waals surface area contributed by atoms with Crippen LogP contribution in [0.2, 0.25) is 0 Å². The summed E-state index contributed by atoms with van der Waals surface area (Å²) in [6, 6.07) is 0. The maximum atomic E-state index is 6.00. The highest BCUT2D eigenvalue weighted by molar-refractivity contribution is 7.54. The van der Waals surface area contributed by atoms with Crippen molar-refractivity contribution in [1.82, 2.24) is 0 Å². The van der Waals surface area contributed by atoms with Crippen molar-refractivity contribution in [2.45, 2.75) is 78.0 Å². The van der Waals surface area contributed by atoms with Gasteiger partial charge in [0.1, 0.15) is 0 Å². The first-order chi connectivity index (χ1) is 8.77. The van der Waals surface area contributed by atoms with Crippen molar-refractivity contribution in [2.24, 2.45) is 0 Å². The molecule has 0 amide bonds. The molecular weight excluding hydrogens is 274 g/mol. The van der Waals surface area contributed by atoms with E-state index in [-0.39, 0.29) is 16.3 Å². The Labute approximate surface area is 123 Å². The predicted molar refractivity (Wildman–Crippen MR) is 90.6 cm³/mol. The summed E-state index contributed by atoms with van der Waals surface area (Å²) in [7, 11) is -0.634. The van der Waals surface area contributed by atoms with Gasteiger partial charge in [0.25, 0.3) is 0 Å². The molecule has 0 aliphatic heterocycles. The van der Waals surface area contributed by atoms with Gasteiger partial charge in [0.2, 0.25) is 0 Å². The third-order valence-electron chi connectivity index (χ3n) is 2.72. The molecule has 0 aromatic carbocycles. The Kier molecular flexibility index (Phi) is 10.9. The van der Waals surface area contributed by atoms with Gasteiger partial charge in [-0.1, -0.05) is 68.6 Å². The predicted octanol–water partition coefficient (Wildman–Crippen LogP) is 5.65. The lowest BCUT2D eigenvalue weighted by Crippen LogP contribution is -2.10. The quantitative estimate of drug-likeness (QED) is 0.295. The van der Waals surface area contributed by atoms with Crippen molar-refractivity contribution in [1.29, 1.82) is 0 Å². The SMILES string of the molecule is CC(C)P(OC[CH-]COP(C(C)C)C(C)C)C(C)C. The van der Waals surface area contributed by atoms with Crippen LogP contribution in [-0.4, -0.2) is 35.8 Å². The lowest BCUT2D eigenvalue weighted by Gasteiger charge is -2.30. The molecule has 0 atom stereocenters. The van der Waals surface area contributed by atoms with Gasteiger partial charge in [-0.05, 0) is 22.6 Å². The summed E-state index contributed by atoms with van der Waals surface area (Å²) in [4.78, 5) is 0. The standard InChI is InChI=1S/C15H33O2P2/c1-12(2)18(13(3)4)16-10-9-11-17-19(14(5)6)15(7)8/h9,12-15H,10-11H2,1-8H3/q-1. The highest BCUT2D eigenvalue weighted by atomic mass is 31.1. The fourth-order valence-electron chi connectivity index (χ4n) is 2.11. The summed E-state index contributed by atoms with van der Waals surface area (Å²) in [5.74, 6) is 0. The van der Waals surface area contributed by atoms with Crippen molar-refractivity contribution in [3.05, 3.63) is 6.42 Å². The Morgan fingerprint density at radius 2 is 0.895 bits per heavy atom. The summed E-state index contributed by atoms with van der Waals surface area (Å²) in [5.41, 5.74) is 2.53. The van der Waals surface area contributed by atoms with Gasteiger partial charge in [0.05, 0.1) is 0 Å². The molecule has 2 nitrogen and oxygen atoms in total. The molecule has 0 aliphatic carbocycles. The van der Waals surface area contributed by atoms with E-state index in [4.69, 9.17) is 9.05 Å². The topological polar surface area (TPSA) is 18.5 Å². The Balaban J connectivity index is 3.85. The van der Waals surface area contributed by atoms with Crippen LogP contribution in [0, 0.1) is 6.42 Å². The summed E-state index contributed by atoms with van der Waals surface area (Å²) >= 11 is 0. The summed E-state index contributed by atoms with van der Waals surface area (Å²) in [6.45, 7) is 19.4. The van der Waals surface area contributed by atoms with E-state index in [0.717, 1.165) is 13.2 Å². The number of hydrogen-bond acceptors (Lipinski definition) is 2. The third-order valence-corrected chi connectivity index (χ3v) is 7.68. The average Bonchev–Trinajstić information content (AvgIpc) is 2.25. The fraction of sp³-hybridized carbons (Fsp3) is 0.933. The van der Waals surface area contributed by atoms with Crippen LogP contribution in [-0.2, 0) is 9.05 Å². The van der Waals surface area contributed by atoms with Crippen molar-refractivity contribution in [2.75, 3.05) is 13.2 Å². The smallest absolute Gasteiger partial charge is 0.0304 e. The van der Waals surface area contributed by atoms with E-state index in [2.05, 4.69) is 61.8 Å². The molecule has 0 aromatic rings. The Morgan fingerprint density at radius 3 is 1.11 bits per heavy atom. The zero-order valence-corrected chi connectivity index (χ0v) is 15.8. The second kappa shape index (κ2) is 10.5. The molecule has 0 radical (unpaired) electrons. The largest absolute Gasteiger partial charge is 0.390 e. The van der Waals surface area contributed by atoms with Gasteiger partial charge in [0, 0.05) is 16.3 Å². The van der Waals surface area contributed by atoms with E-state index in [9.17, 15) is 0 Å². The normalized spacial score (nSPS) is 12.9. The van der Waals surface area contributed by atoms with E-state index in [1.807, 2.05) is 0 Å². The Hall–Kier alpha value is 0.780. The summed E-state index contributed by atoms with van der Waals surface area (Å²) in [5, 5.41) is 0. The molecule has 19 heavy (non-hydrogen) atoms. The maximum Gasteiger partial charge on any atom is 0.0304 e. The van der Waals surface area contributed by atoms with Gasteiger partial charge in [-0.25, -0.2) is 0 Å². The van der Waals surface area contributed by atoms with Gasteiger partial charge in [-0.15, -0.1) is 0 Å². The first-order valence-corrected chi connectivity index (χ1v) is 10.2.